The quantitative estimate of drug-likeness (QED) is 0.457. The van der Waals surface area contributed by atoms with E-state index >= 15 is 0 Å². The zero-order valence-corrected chi connectivity index (χ0v) is 20.6. The molecule has 2 fully saturated rings. The largest absolute Gasteiger partial charge is 0.372 e. The number of carbonyl (C=O) groups is 1. The first kappa shape index (κ1) is 23.8. The lowest BCUT2D eigenvalue weighted by atomic mass is 10.1. The number of benzene rings is 2. The molecule has 1 amide bonds. The van der Waals surface area contributed by atoms with E-state index in [9.17, 15) is 9.18 Å². The van der Waals surface area contributed by atoms with E-state index < -0.39 is 0 Å². The van der Waals surface area contributed by atoms with Crippen LogP contribution in [0, 0.1) is 5.82 Å². The number of carbonyl (C=O) groups excluding carboxylic acids is 1. The van der Waals surface area contributed by atoms with Crippen LogP contribution in [0.2, 0.25) is 0 Å². The summed E-state index contributed by atoms with van der Waals surface area (Å²) in [5.41, 5.74) is 2.77. The molecule has 1 aromatic heterocycles. The minimum absolute atomic E-state index is 0.102. The molecule has 2 aliphatic heterocycles. The van der Waals surface area contributed by atoms with Crippen molar-refractivity contribution in [2.24, 2.45) is 0 Å². The first-order valence-electron chi connectivity index (χ1n) is 12.4. The molecule has 1 N–H and O–H groups in total. The van der Waals surface area contributed by atoms with Crippen molar-refractivity contribution >= 4 is 29.0 Å². The second-order valence-corrected chi connectivity index (χ2v) is 10.1. The smallest absolute Gasteiger partial charge is 0.234 e. The first-order valence-corrected chi connectivity index (χ1v) is 13.3. The van der Waals surface area contributed by atoms with Crippen LogP contribution in [0.4, 0.5) is 15.8 Å². The van der Waals surface area contributed by atoms with E-state index in [2.05, 4.69) is 37.4 Å². The molecule has 0 saturated carbocycles. The Labute approximate surface area is 209 Å². The summed E-state index contributed by atoms with van der Waals surface area (Å²) in [4.78, 5) is 17.4. The van der Waals surface area contributed by atoms with Gasteiger partial charge in [-0.2, -0.15) is 0 Å². The molecule has 2 aromatic carbocycles. The van der Waals surface area contributed by atoms with Gasteiger partial charge in [0.2, 0.25) is 5.91 Å². The molecular weight excluding hydrogens is 463 g/mol. The topological polar surface area (TPSA) is 66.3 Å². The van der Waals surface area contributed by atoms with Crippen LogP contribution in [0.5, 0.6) is 0 Å². The zero-order valence-electron chi connectivity index (χ0n) is 19.8. The third-order valence-electron chi connectivity index (χ3n) is 6.55. The van der Waals surface area contributed by atoms with Crippen molar-refractivity contribution in [2.75, 3.05) is 42.1 Å². The van der Waals surface area contributed by atoms with Crippen LogP contribution in [0.25, 0.3) is 5.69 Å². The maximum Gasteiger partial charge on any atom is 0.234 e. The van der Waals surface area contributed by atoms with E-state index in [-0.39, 0.29) is 17.5 Å². The van der Waals surface area contributed by atoms with Crippen molar-refractivity contribution in [3.63, 3.8) is 0 Å². The average Bonchev–Trinajstić information content (AvgIpc) is 3.55. The zero-order chi connectivity index (χ0) is 24.0. The van der Waals surface area contributed by atoms with Gasteiger partial charge < -0.3 is 10.2 Å². The number of hydrogen-bond acceptors (Lipinski definition) is 6. The average molecular weight is 495 g/mol. The normalized spacial score (nSPS) is 16.5. The number of anilines is 2. The van der Waals surface area contributed by atoms with Gasteiger partial charge in [-0.15, -0.1) is 10.2 Å². The number of likely N-dealkylation sites (tertiary alicyclic amines) is 1. The molecule has 3 aromatic rings. The standard InChI is InChI=1S/C26H31FN6OS/c27-20-6-10-23(11-7-20)33-24(18-31-14-2-1-3-15-31)29-30-26(33)35-19-25(34)28-21-8-12-22(13-9-21)32-16-4-5-17-32/h6-13H,1-5,14-19H2,(H,28,34). The molecule has 0 radical (unpaired) electrons. The second kappa shape index (κ2) is 11.2. The Bertz CT molecular complexity index is 1120. The summed E-state index contributed by atoms with van der Waals surface area (Å²) in [5.74, 6) is 0.620. The number of nitrogens with one attached hydrogen (secondary N) is 1. The minimum atomic E-state index is -0.288. The Morgan fingerprint density at radius 2 is 1.51 bits per heavy atom. The molecule has 3 heterocycles. The molecule has 5 rings (SSSR count). The lowest BCUT2D eigenvalue weighted by molar-refractivity contribution is -0.113. The van der Waals surface area contributed by atoms with Crippen LogP contribution in [-0.2, 0) is 11.3 Å². The third kappa shape index (κ3) is 6.02. The molecule has 7 nitrogen and oxygen atoms in total. The lowest BCUT2D eigenvalue weighted by Gasteiger charge is -2.26. The van der Waals surface area contributed by atoms with E-state index in [1.165, 1.54) is 61.7 Å². The van der Waals surface area contributed by atoms with Gasteiger partial charge in [0.15, 0.2) is 11.0 Å². The maximum absolute atomic E-state index is 13.6. The maximum atomic E-state index is 13.6. The summed E-state index contributed by atoms with van der Waals surface area (Å²) < 4.78 is 15.5. The van der Waals surface area contributed by atoms with Crippen molar-refractivity contribution in [3.8, 4) is 5.69 Å². The third-order valence-corrected chi connectivity index (χ3v) is 7.48. The molecule has 184 valence electrons. The van der Waals surface area contributed by atoms with Gasteiger partial charge in [-0.05, 0) is 87.3 Å². The van der Waals surface area contributed by atoms with Crippen LogP contribution < -0.4 is 10.2 Å². The molecule has 9 heteroatoms. The van der Waals surface area contributed by atoms with Crippen LogP contribution in [0.3, 0.4) is 0 Å². The van der Waals surface area contributed by atoms with Gasteiger partial charge in [0, 0.05) is 30.2 Å². The number of nitrogens with zero attached hydrogens (tertiary/aromatic N) is 5. The highest BCUT2D eigenvalue weighted by molar-refractivity contribution is 7.99. The molecule has 0 bridgehead atoms. The molecule has 0 unspecified atom stereocenters. The number of rotatable bonds is 8. The summed E-state index contributed by atoms with van der Waals surface area (Å²) in [6, 6.07) is 14.4. The summed E-state index contributed by atoms with van der Waals surface area (Å²) in [6.45, 7) is 4.95. The first-order chi connectivity index (χ1) is 17.2. The van der Waals surface area contributed by atoms with E-state index in [1.807, 2.05) is 16.7 Å². The van der Waals surface area contributed by atoms with E-state index in [1.54, 1.807) is 12.1 Å². The minimum Gasteiger partial charge on any atom is -0.372 e. The van der Waals surface area contributed by atoms with Crippen molar-refractivity contribution in [3.05, 3.63) is 60.2 Å². The van der Waals surface area contributed by atoms with Crippen molar-refractivity contribution in [1.29, 1.82) is 0 Å². The van der Waals surface area contributed by atoms with Gasteiger partial charge in [0.05, 0.1) is 12.3 Å². The Balaban J connectivity index is 1.25. The Morgan fingerprint density at radius 3 is 2.23 bits per heavy atom. The fourth-order valence-corrected chi connectivity index (χ4v) is 5.49. The van der Waals surface area contributed by atoms with Crippen LogP contribution in [0.15, 0.2) is 53.7 Å². The fraction of sp³-hybridized carbons (Fsp3) is 0.423. The van der Waals surface area contributed by atoms with E-state index in [0.29, 0.717) is 11.7 Å². The van der Waals surface area contributed by atoms with Crippen molar-refractivity contribution < 1.29 is 9.18 Å². The number of hydrogen-bond donors (Lipinski definition) is 1. The van der Waals surface area contributed by atoms with Crippen molar-refractivity contribution in [2.45, 2.75) is 43.8 Å². The number of halogens is 1. The molecule has 0 spiro atoms. The number of amides is 1. The number of thioether (sulfide) groups is 1. The number of aromatic nitrogens is 3. The Hall–Kier alpha value is -2.91. The van der Waals surface area contributed by atoms with E-state index in [4.69, 9.17) is 0 Å². The van der Waals surface area contributed by atoms with Crippen LogP contribution in [0.1, 0.15) is 37.9 Å². The van der Waals surface area contributed by atoms with Crippen molar-refractivity contribution in [1.82, 2.24) is 19.7 Å². The fourth-order valence-electron chi connectivity index (χ4n) is 4.72. The van der Waals surface area contributed by atoms with Gasteiger partial charge in [0.25, 0.3) is 0 Å². The van der Waals surface area contributed by atoms with Gasteiger partial charge in [-0.25, -0.2) is 4.39 Å². The highest BCUT2D eigenvalue weighted by Crippen LogP contribution is 2.25. The molecule has 2 aliphatic rings. The van der Waals surface area contributed by atoms with Gasteiger partial charge in [0.1, 0.15) is 5.82 Å². The summed E-state index contributed by atoms with van der Waals surface area (Å²) in [5, 5.41) is 12.4. The molecule has 35 heavy (non-hydrogen) atoms. The summed E-state index contributed by atoms with van der Waals surface area (Å²) >= 11 is 1.34. The molecular formula is C26H31FN6OS. The Kier molecular flexibility index (Phi) is 7.63. The summed E-state index contributed by atoms with van der Waals surface area (Å²) in [7, 11) is 0. The van der Waals surface area contributed by atoms with Gasteiger partial charge >= 0.3 is 0 Å². The monoisotopic (exact) mass is 494 g/mol. The van der Waals surface area contributed by atoms with E-state index in [0.717, 1.165) is 43.4 Å². The molecule has 0 aliphatic carbocycles. The van der Waals surface area contributed by atoms with Gasteiger partial charge in [-0.1, -0.05) is 18.2 Å². The molecule has 2 saturated heterocycles. The predicted octanol–water partition coefficient (Wildman–Crippen LogP) is 4.72. The summed E-state index contributed by atoms with van der Waals surface area (Å²) in [6.07, 6.45) is 6.10. The SMILES string of the molecule is O=C(CSc1nnc(CN2CCCCC2)n1-c1ccc(F)cc1)Nc1ccc(N2CCCC2)cc1. The highest BCUT2D eigenvalue weighted by Gasteiger charge is 2.20. The van der Waals surface area contributed by atoms with Crippen LogP contribution in [-0.4, -0.2) is 57.5 Å². The number of piperidine rings is 1. The van der Waals surface area contributed by atoms with Gasteiger partial charge in [-0.3, -0.25) is 14.3 Å². The Morgan fingerprint density at radius 1 is 0.857 bits per heavy atom. The second-order valence-electron chi connectivity index (χ2n) is 9.13. The van der Waals surface area contributed by atoms with Crippen LogP contribution >= 0.6 is 11.8 Å². The molecule has 0 atom stereocenters. The highest BCUT2D eigenvalue weighted by atomic mass is 32.2. The lowest BCUT2D eigenvalue weighted by Crippen LogP contribution is -2.30. The predicted molar refractivity (Wildman–Crippen MR) is 138 cm³/mol.